The average Bonchev–Trinajstić information content (AvgIpc) is 3.48. The van der Waals surface area contributed by atoms with Gasteiger partial charge in [0.05, 0.1) is 32.0 Å². The van der Waals surface area contributed by atoms with Crippen molar-refractivity contribution in [2.24, 2.45) is 22.7 Å². The first-order valence-corrected chi connectivity index (χ1v) is 15.1. The normalized spacial score (nSPS) is 40.3. The molecule has 0 bridgehead atoms. The van der Waals surface area contributed by atoms with Gasteiger partial charge in [0, 0.05) is 41.6 Å². The highest BCUT2D eigenvalue weighted by Crippen LogP contribution is 2.64. The summed E-state index contributed by atoms with van der Waals surface area (Å²) in [5, 5.41) is 12.1. The lowest BCUT2D eigenvalue weighted by Crippen LogP contribution is -2.53. The van der Waals surface area contributed by atoms with Gasteiger partial charge >= 0.3 is 0 Å². The van der Waals surface area contributed by atoms with Gasteiger partial charge in [-0.3, -0.25) is 4.79 Å². The van der Waals surface area contributed by atoms with Crippen LogP contribution in [-0.4, -0.2) is 48.7 Å². The molecular weight excluding hydrogens is 492 g/mol. The predicted molar refractivity (Wildman–Crippen MR) is 146 cm³/mol. The Hall–Kier alpha value is -1.57. The van der Waals surface area contributed by atoms with Crippen LogP contribution in [0, 0.1) is 22.7 Å². The molecule has 6 heteroatoms. The van der Waals surface area contributed by atoms with Crippen molar-refractivity contribution in [1.82, 2.24) is 0 Å². The zero-order valence-electron chi connectivity index (χ0n) is 24.0. The number of Topliss-reactive ketones (excluding diaryl/α,β-unsaturated/α-hetero) is 1. The first-order valence-electron chi connectivity index (χ1n) is 15.1. The van der Waals surface area contributed by atoms with Gasteiger partial charge in [0.2, 0.25) is 0 Å². The molecule has 2 heterocycles. The summed E-state index contributed by atoms with van der Waals surface area (Å²) >= 11 is 0. The number of rotatable bonds is 2. The molecule has 1 aromatic rings. The number of hydrogen-bond acceptors (Lipinski definition) is 6. The molecule has 7 rings (SSSR count). The number of carbonyl (C=O) groups is 1. The highest BCUT2D eigenvalue weighted by Gasteiger charge is 2.60. The first kappa shape index (κ1) is 26.3. The van der Waals surface area contributed by atoms with E-state index in [0.717, 1.165) is 44.1 Å². The Bertz CT molecular complexity index is 1180. The van der Waals surface area contributed by atoms with Crippen molar-refractivity contribution in [3.63, 3.8) is 0 Å². The molecule has 4 aliphatic carbocycles. The van der Waals surface area contributed by atoms with E-state index < -0.39 is 17.2 Å². The molecule has 0 unspecified atom stereocenters. The summed E-state index contributed by atoms with van der Waals surface area (Å²) in [4.78, 5) is 13.3. The van der Waals surface area contributed by atoms with Crippen LogP contribution < -0.4 is 0 Å². The van der Waals surface area contributed by atoms with Crippen LogP contribution in [0.5, 0.6) is 0 Å². The van der Waals surface area contributed by atoms with E-state index in [0.29, 0.717) is 56.9 Å². The highest BCUT2D eigenvalue weighted by atomic mass is 16.7. The number of fused-ring (bicyclic) bond motifs is 4. The lowest BCUT2D eigenvalue weighted by atomic mass is 9.51. The quantitative estimate of drug-likeness (QED) is 0.484. The topological polar surface area (TPSA) is 74.2 Å². The van der Waals surface area contributed by atoms with Crippen LogP contribution in [-0.2, 0) is 29.5 Å². The maximum Gasteiger partial charge on any atom is 0.191 e. The second-order valence-electron chi connectivity index (χ2n) is 14.4. The molecule has 0 amide bonds. The fraction of sp³-hybridized carbons (Fsp3) is 0.727. The maximum absolute atomic E-state index is 13.3. The van der Waals surface area contributed by atoms with Crippen LogP contribution in [0.4, 0.5) is 0 Å². The molecule has 1 aromatic carbocycles. The summed E-state index contributed by atoms with van der Waals surface area (Å²) in [7, 11) is 0. The van der Waals surface area contributed by atoms with Gasteiger partial charge in [-0.05, 0) is 62.0 Å². The molecule has 5 atom stereocenters. The Balaban J connectivity index is 1.27. The average molecular weight is 537 g/mol. The van der Waals surface area contributed by atoms with E-state index in [1.54, 1.807) is 0 Å². The number of allylic oxidation sites excluding steroid dienone is 1. The summed E-state index contributed by atoms with van der Waals surface area (Å²) in [6.45, 7) is 11.1. The number of ketones is 1. The minimum Gasteiger partial charge on any atom is -0.385 e. The molecule has 0 radical (unpaired) electrons. The van der Waals surface area contributed by atoms with Crippen LogP contribution in [0.2, 0.25) is 0 Å². The Morgan fingerprint density at radius 1 is 0.872 bits per heavy atom. The fourth-order valence-corrected chi connectivity index (χ4v) is 9.02. The standard InChI is InChI=1S/C33H44O6/c1-29(2)19-38-31(4,39-20-29)22-7-5-21(6-8-22)24-17-30(3)25(9-10-27(30)34)23-11-13-32(35)18-33(36-15-16-37-33)14-12-26(32)28(23)24/h5-8,23-25,35H,9-20H2,1-4H3/t23-,24+,25-,30-,32+/m0/s1. The van der Waals surface area contributed by atoms with E-state index in [1.807, 2.05) is 6.92 Å². The first-order chi connectivity index (χ1) is 18.5. The largest absolute Gasteiger partial charge is 0.385 e. The van der Waals surface area contributed by atoms with Gasteiger partial charge in [0.1, 0.15) is 5.78 Å². The zero-order chi connectivity index (χ0) is 27.3. The van der Waals surface area contributed by atoms with E-state index in [1.165, 1.54) is 16.7 Å². The van der Waals surface area contributed by atoms with E-state index >= 15 is 0 Å². The lowest BCUT2D eigenvalue weighted by Gasteiger charge is -2.55. The predicted octanol–water partition coefficient (Wildman–Crippen LogP) is 5.77. The molecule has 212 valence electrons. The van der Waals surface area contributed by atoms with Crippen LogP contribution >= 0.6 is 0 Å². The molecule has 1 N–H and O–H groups in total. The lowest BCUT2D eigenvalue weighted by molar-refractivity contribution is -0.298. The van der Waals surface area contributed by atoms with E-state index in [-0.39, 0.29) is 16.7 Å². The minimum atomic E-state index is -0.896. The Kier molecular flexibility index (Phi) is 5.89. The number of ether oxygens (including phenoxy) is 4. The van der Waals surface area contributed by atoms with Gasteiger partial charge in [-0.15, -0.1) is 0 Å². The van der Waals surface area contributed by atoms with Crippen LogP contribution in [0.1, 0.15) is 96.1 Å². The Morgan fingerprint density at radius 2 is 1.56 bits per heavy atom. The molecule has 5 fully saturated rings. The van der Waals surface area contributed by atoms with E-state index in [9.17, 15) is 9.90 Å². The molecule has 3 saturated carbocycles. The molecule has 39 heavy (non-hydrogen) atoms. The van der Waals surface area contributed by atoms with Crippen molar-refractivity contribution < 1.29 is 28.8 Å². The van der Waals surface area contributed by atoms with E-state index in [2.05, 4.69) is 45.0 Å². The highest BCUT2D eigenvalue weighted by molar-refractivity contribution is 5.87. The monoisotopic (exact) mass is 536 g/mol. The van der Waals surface area contributed by atoms with Gasteiger partial charge in [-0.25, -0.2) is 0 Å². The van der Waals surface area contributed by atoms with Crippen molar-refractivity contribution in [1.29, 1.82) is 0 Å². The number of carbonyl (C=O) groups excluding carboxylic acids is 1. The third-order valence-corrected chi connectivity index (χ3v) is 11.3. The maximum atomic E-state index is 13.3. The Morgan fingerprint density at radius 3 is 2.26 bits per heavy atom. The smallest absolute Gasteiger partial charge is 0.191 e. The number of hydrogen-bond donors (Lipinski definition) is 1. The third kappa shape index (κ3) is 4.04. The molecule has 6 aliphatic rings. The van der Waals surface area contributed by atoms with Crippen LogP contribution in [0.25, 0.3) is 0 Å². The van der Waals surface area contributed by atoms with Crippen molar-refractivity contribution in [2.45, 2.75) is 102 Å². The van der Waals surface area contributed by atoms with E-state index in [4.69, 9.17) is 18.9 Å². The van der Waals surface area contributed by atoms with Gasteiger partial charge in [-0.1, -0.05) is 50.6 Å². The van der Waals surface area contributed by atoms with Crippen molar-refractivity contribution >= 4 is 5.78 Å². The van der Waals surface area contributed by atoms with Crippen LogP contribution in [0.15, 0.2) is 35.4 Å². The summed E-state index contributed by atoms with van der Waals surface area (Å²) in [5.41, 5.74) is 3.69. The summed E-state index contributed by atoms with van der Waals surface area (Å²) in [6.07, 6.45) is 6.22. The molecule has 1 spiro atoms. The second-order valence-corrected chi connectivity index (χ2v) is 14.4. The number of aliphatic hydroxyl groups is 1. The van der Waals surface area contributed by atoms with Gasteiger partial charge in [0.15, 0.2) is 11.6 Å². The summed E-state index contributed by atoms with van der Waals surface area (Å²) in [5.74, 6) is -0.137. The van der Waals surface area contributed by atoms with Crippen molar-refractivity contribution in [3.05, 3.63) is 46.5 Å². The van der Waals surface area contributed by atoms with Crippen LogP contribution in [0.3, 0.4) is 0 Å². The molecule has 2 saturated heterocycles. The fourth-order valence-electron chi connectivity index (χ4n) is 9.02. The Labute approximate surface area is 232 Å². The minimum absolute atomic E-state index is 0.00908. The molecular formula is C33H44O6. The van der Waals surface area contributed by atoms with Gasteiger partial charge in [-0.2, -0.15) is 0 Å². The second kappa shape index (κ2) is 8.72. The van der Waals surface area contributed by atoms with Crippen molar-refractivity contribution in [2.75, 3.05) is 26.4 Å². The third-order valence-electron chi connectivity index (χ3n) is 11.3. The molecule has 0 aromatic heterocycles. The summed E-state index contributed by atoms with van der Waals surface area (Å²) in [6, 6.07) is 8.72. The van der Waals surface area contributed by atoms with Gasteiger partial charge in [0.25, 0.3) is 0 Å². The SMILES string of the molecule is CC1(C)COC(C)(c2ccc([C@H]3C[C@]4(C)C(=O)CC[C@H]4[C@@H]4CC[C@@]5(O)CC6(CCC5=C43)OCCO6)cc2)OC1. The van der Waals surface area contributed by atoms with Crippen molar-refractivity contribution in [3.8, 4) is 0 Å². The zero-order valence-corrected chi connectivity index (χ0v) is 24.0. The summed E-state index contributed by atoms with van der Waals surface area (Å²) < 4.78 is 24.6. The number of benzene rings is 1. The molecule has 2 aliphatic heterocycles. The van der Waals surface area contributed by atoms with Gasteiger partial charge < -0.3 is 24.1 Å². The molecule has 6 nitrogen and oxygen atoms in total.